The Bertz CT molecular complexity index is 950. The zero-order valence-electron chi connectivity index (χ0n) is 21.0. The fourth-order valence-electron chi connectivity index (χ4n) is 3.34. The Hall–Kier alpha value is -3.71. The predicted octanol–water partition coefficient (Wildman–Crippen LogP) is -0.907. The van der Waals surface area contributed by atoms with Gasteiger partial charge in [-0.3, -0.25) is 19.2 Å². The Labute approximate surface area is 214 Å². The van der Waals surface area contributed by atoms with E-state index in [9.17, 15) is 39.3 Å². The summed E-state index contributed by atoms with van der Waals surface area (Å²) in [6, 6.07) is 0.444. The fraction of sp³-hybridized carbons (Fsp3) is 0.542. The van der Waals surface area contributed by atoms with Crippen LogP contribution in [-0.2, 0) is 30.4 Å². The second-order valence-electron chi connectivity index (χ2n) is 9.22. The number of aromatic hydroxyl groups is 1. The molecule has 5 unspecified atom stereocenters. The van der Waals surface area contributed by atoms with Crippen molar-refractivity contribution in [2.45, 2.75) is 76.7 Å². The lowest BCUT2D eigenvalue weighted by Gasteiger charge is -2.26. The Morgan fingerprint density at radius 3 is 1.84 bits per heavy atom. The fourth-order valence-corrected chi connectivity index (χ4v) is 3.34. The summed E-state index contributed by atoms with van der Waals surface area (Å²) in [5, 5.41) is 44.8. The summed E-state index contributed by atoms with van der Waals surface area (Å²) in [5.41, 5.74) is 6.13. The number of aliphatic hydroxyl groups is 1. The molecule has 5 atom stereocenters. The van der Waals surface area contributed by atoms with Crippen LogP contribution in [0.2, 0.25) is 0 Å². The molecule has 0 saturated heterocycles. The quantitative estimate of drug-likeness (QED) is 0.141. The first-order valence-electron chi connectivity index (χ1n) is 11.8. The van der Waals surface area contributed by atoms with Gasteiger partial charge in [0.05, 0.1) is 6.10 Å². The summed E-state index contributed by atoms with van der Waals surface area (Å²) in [5.74, 6) is -5.18. The molecule has 0 bridgehead atoms. The Morgan fingerprint density at radius 2 is 1.35 bits per heavy atom. The van der Waals surface area contributed by atoms with Crippen LogP contribution in [0.25, 0.3) is 0 Å². The number of hydrogen-bond acceptors (Lipinski definition) is 8. The van der Waals surface area contributed by atoms with Gasteiger partial charge in [0.15, 0.2) is 0 Å². The molecule has 0 aliphatic heterocycles. The maximum absolute atomic E-state index is 13.1. The number of phenols is 1. The number of carbonyl (C=O) groups excluding carboxylic acids is 3. The van der Waals surface area contributed by atoms with E-state index in [1.165, 1.54) is 31.2 Å². The largest absolute Gasteiger partial charge is 0.508 e. The Morgan fingerprint density at radius 1 is 0.838 bits per heavy atom. The number of nitrogens with one attached hydrogen (secondary N) is 3. The normalized spacial score (nSPS) is 15.1. The number of phenolic OH excluding ortho intramolecular Hbond substituents is 1. The molecule has 0 spiro atoms. The number of aliphatic hydroxyl groups excluding tert-OH is 1. The molecule has 1 aromatic rings. The maximum atomic E-state index is 13.1. The predicted molar refractivity (Wildman–Crippen MR) is 131 cm³/mol. The third-order valence-corrected chi connectivity index (χ3v) is 5.43. The van der Waals surface area contributed by atoms with Crippen molar-refractivity contribution in [1.29, 1.82) is 0 Å². The van der Waals surface area contributed by atoms with Crippen molar-refractivity contribution in [1.82, 2.24) is 16.0 Å². The summed E-state index contributed by atoms with van der Waals surface area (Å²) in [6.45, 7) is 4.83. The molecule has 1 aromatic carbocycles. The monoisotopic (exact) mass is 524 g/mol. The molecule has 0 aliphatic carbocycles. The van der Waals surface area contributed by atoms with Gasteiger partial charge in [-0.2, -0.15) is 0 Å². The van der Waals surface area contributed by atoms with E-state index in [0.29, 0.717) is 5.56 Å². The molecule has 0 fully saturated rings. The number of nitrogens with two attached hydrogens (primary N) is 1. The maximum Gasteiger partial charge on any atom is 0.326 e. The van der Waals surface area contributed by atoms with Crippen LogP contribution >= 0.6 is 0 Å². The number of rotatable bonds is 15. The minimum atomic E-state index is -1.41. The van der Waals surface area contributed by atoms with E-state index in [-0.39, 0.29) is 30.9 Å². The molecule has 0 heterocycles. The highest BCUT2D eigenvalue weighted by atomic mass is 16.4. The van der Waals surface area contributed by atoms with Crippen LogP contribution in [0.3, 0.4) is 0 Å². The second-order valence-corrected chi connectivity index (χ2v) is 9.22. The molecule has 13 heteroatoms. The summed E-state index contributed by atoms with van der Waals surface area (Å²) in [6.07, 6.45) is -2.04. The van der Waals surface area contributed by atoms with Crippen LogP contribution in [0.1, 0.15) is 45.6 Å². The van der Waals surface area contributed by atoms with Gasteiger partial charge in [-0.25, -0.2) is 4.79 Å². The molecule has 0 radical (unpaired) electrons. The summed E-state index contributed by atoms with van der Waals surface area (Å²) >= 11 is 0. The molecule has 206 valence electrons. The van der Waals surface area contributed by atoms with Crippen molar-refractivity contribution in [3.63, 3.8) is 0 Å². The lowest BCUT2D eigenvalue weighted by atomic mass is 10.0. The van der Waals surface area contributed by atoms with Crippen LogP contribution < -0.4 is 21.7 Å². The first-order chi connectivity index (χ1) is 17.2. The van der Waals surface area contributed by atoms with Crippen LogP contribution in [0.5, 0.6) is 5.75 Å². The molecule has 1 rings (SSSR count). The molecular weight excluding hydrogens is 488 g/mol. The van der Waals surface area contributed by atoms with Gasteiger partial charge in [0.25, 0.3) is 0 Å². The van der Waals surface area contributed by atoms with Gasteiger partial charge in [0, 0.05) is 12.8 Å². The Kier molecular flexibility index (Phi) is 12.5. The second kappa shape index (κ2) is 14.8. The third kappa shape index (κ3) is 11.3. The van der Waals surface area contributed by atoms with Gasteiger partial charge in [0.1, 0.15) is 29.9 Å². The van der Waals surface area contributed by atoms with E-state index in [0.717, 1.165) is 0 Å². The lowest BCUT2D eigenvalue weighted by Crippen LogP contribution is -2.58. The summed E-state index contributed by atoms with van der Waals surface area (Å²) in [7, 11) is 0. The molecule has 9 N–H and O–H groups in total. The van der Waals surface area contributed by atoms with Gasteiger partial charge in [-0.15, -0.1) is 0 Å². The van der Waals surface area contributed by atoms with Crippen molar-refractivity contribution in [2.75, 3.05) is 0 Å². The van der Waals surface area contributed by atoms with Crippen LogP contribution in [-0.4, -0.2) is 80.4 Å². The molecule has 3 amide bonds. The van der Waals surface area contributed by atoms with Gasteiger partial charge in [0.2, 0.25) is 17.7 Å². The Balaban J connectivity index is 3.19. The van der Waals surface area contributed by atoms with Gasteiger partial charge < -0.3 is 42.1 Å². The molecule has 37 heavy (non-hydrogen) atoms. The van der Waals surface area contributed by atoms with Crippen LogP contribution in [0.15, 0.2) is 24.3 Å². The smallest absolute Gasteiger partial charge is 0.326 e. The number of amides is 3. The van der Waals surface area contributed by atoms with Crippen molar-refractivity contribution >= 4 is 29.7 Å². The zero-order chi connectivity index (χ0) is 28.3. The number of carboxylic acids is 2. The molecule has 0 aromatic heterocycles. The molecule has 0 saturated carbocycles. The number of aliphatic carboxylic acids is 2. The SMILES string of the molecule is CC(C)CC(NC(=O)C(Cc1ccc(O)cc1)NC(=O)C(CCC(=O)O)NC(=O)C(N)C(C)O)C(=O)O. The van der Waals surface area contributed by atoms with Crippen molar-refractivity contribution in [3.05, 3.63) is 29.8 Å². The lowest BCUT2D eigenvalue weighted by molar-refractivity contribution is -0.142. The zero-order valence-corrected chi connectivity index (χ0v) is 21.0. The minimum absolute atomic E-state index is 0.0254. The van der Waals surface area contributed by atoms with E-state index in [4.69, 9.17) is 10.8 Å². The van der Waals surface area contributed by atoms with Crippen LogP contribution in [0.4, 0.5) is 0 Å². The summed E-state index contributed by atoms with van der Waals surface area (Å²) < 4.78 is 0. The first kappa shape index (κ1) is 31.3. The van der Waals surface area contributed by atoms with Gasteiger partial charge >= 0.3 is 11.9 Å². The molecule has 0 aliphatic rings. The molecular formula is C24H36N4O9. The van der Waals surface area contributed by atoms with Crippen molar-refractivity contribution in [3.8, 4) is 5.75 Å². The van der Waals surface area contributed by atoms with Crippen molar-refractivity contribution in [2.24, 2.45) is 11.7 Å². The standard InChI is InChI=1S/C24H36N4O9/c1-12(2)10-18(24(36)37)28-22(34)17(11-14-4-6-15(30)7-5-14)27-21(33)16(8-9-19(31)32)26-23(35)20(25)13(3)29/h4-7,12-13,16-18,20,29-30H,8-11,25H2,1-3H3,(H,26,35)(H,27,33)(H,28,34)(H,31,32)(H,36,37). The average molecular weight is 525 g/mol. The number of hydrogen-bond donors (Lipinski definition) is 8. The van der Waals surface area contributed by atoms with Gasteiger partial charge in [-0.1, -0.05) is 26.0 Å². The average Bonchev–Trinajstić information content (AvgIpc) is 2.80. The van der Waals surface area contributed by atoms with E-state index in [2.05, 4.69) is 16.0 Å². The van der Waals surface area contributed by atoms with E-state index >= 15 is 0 Å². The highest BCUT2D eigenvalue weighted by Crippen LogP contribution is 2.13. The van der Waals surface area contributed by atoms with E-state index in [1.54, 1.807) is 13.8 Å². The minimum Gasteiger partial charge on any atom is -0.508 e. The van der Waals surface area contributed by atoms with Crippen LogP contribution in [0, 0.1) is 5.92 Å². The molecule has 13 nitrogen and oxygen atoms in total. The number of carbonyl (C=O) groups is 5. The summed E-state index contributed by atoms with van der Waals surface area (Å²) in [4.78, 5) is 61.2. The first-order valence-corrected chi connectivity index (χ1v) is 11.8. The number of carboxylic acid groups (broad SMARTS) is 2. The van der Waals surface area contributed by atoms with E-state index in [1.807, 2.05) is 0 Å². The third-order valence-electron chi connectivity index (χ3n) is 5.43. The highest BCUT2D eigenvalue weighted by Gasteiger charge is 2.31. The van der Waals surface area contributed by atoms with E-state index < -0.39 is 66.4 Å². The topological polar surface area (TPSA) is 228 Å². The van der Waals surface area contributed by atoms with Gasteiger partial charge in [-0.05, 0) is 43.4 Å². The number of benzene rings is 1. The highest BCUT2D eigenvalue weighted by molar-refractivity contribution is 5.94. The van der Waals surface area contributed by atoms with Crippen molar-refractivity contribution < 1.29 is 44.4 Å².